The zero-order chi connectivity index (χ0) is 36.7. The number of phenols is 2. The number of carbonyl (C=O) groups is 1. The van der Waals surface area contributed by atoms with Gasteiger partial charge < -0.3 is 45.6 Å². The first kappa shape index (κ1) is 36.0. The van der Waals surface area contributed by atoms with Crippen molar-refractivity contribution in [2.45, 2.75) is 145 Å². The molecule has 6 fully saturated rings. The summed E-state index contributed by atoms with van der Waals surface area (Å²) in [5.74, 6) is -3.30. The maximum absolute atomic E-state index is 14.7. The predicted molar refractivity (Wildman–Crippen MR) is 186 cm³/mol. The number of ether oxygens (including phenoxy) is 1. The minimum absolute atomic E-state index is 0.00524. The van der Waals surface area contributed by atoms with E-state index in [4.69, 9.17) is 4.74 Å². The van der Waals surface area contributed by atoms with E-state index in [-0.39, 0.29) is 60.9 Å². The van der Waals surface area contributed by atoms with Crippen molar-refractivity contribution < 1.29 is 50.4 Å². The normalized spacial score (nSPS) is 51.5. The Hall–Kier alpha value is -2.05. The van der Waals surface area contributed by atoms with Gasteiger partial charge in [0.15, 0.2) is 5.78 Å². The van der Waals surface area contributed by atoms with Gasteiger partial charge in [0.1, 0.15) is 22.7 Å². The summed E-state index contributed by atoms with van der Waals surface area (Å²) in [5.41, 5.74) is -5.83. The number of fused-ring (bicyclic) bond motifs is 8. The number of rotatable bonds is 3. The van der Waals surface area contributed by atoms with E-state index in [0.29, 0.717) is 24.0 Å². The lowest BCUT2D eigenvalue weighted by atomic mass is 9.37. The van der Waals surface area contributed by atoms with Crippen LogP contribution in [0.25, 0.3) is 0 Å². The maximum Gasteiger partial charge on any atom is 0.160 e. The molecule has 0 bridgehead atoms. The van der Waals surface area contributed by atoms with Crippen molar-refractivity contribution in [3.05, 3.63) is 35.4 Å². The summed E-state index contributed by atoms with van der Waals surface area (Å²) in [4.78, 5) is 14.7. The second-order valence-corrected chi connectivity index (χ2v) is 18.8. The van der Waals surface area contributed by atoms with E-state index < -0.39 is 75.2 Å². The molecule has 10 heteroatoms. The van der Waals surface area contributed by atoms with Gasteiger partial charge in [0.2, 0.25) is 0 Å². The van der Waals surface area contributed by atoms with Gasteiger partial charge >= 0.3 is 0 Å². The molecule has 8 rings (SSSR count). The minimum atomic E-state index is -1.64. The van der Waals surface area contributed by atoms with E-state index in [1.165, 1.54) is 18.2 Å². The summed E-state index contributed by atoms with van der Waals surface area (Å²) in [6.07, 6.45) is 3.91. The largest absolute Gasteiger partial charge is 0.508 e. The smallest absolute Gasteiger partial charge is 0.160 e. The predicted octanol–water partition coefficient (Wildman–Crippen LogP) is 3.84. The highest BCUT2D eigenvalue weighted by atomic mass is 16.6. The summed E-state index contributed by atoms with van der Waals surface area (Å²) >= 11 is 0. The van der Waals surface area contributed by atoms with Gasteiger partial charge in [-0.3, -0.25) is 4.79 Å². The van der Waals surface area contributed by atoms with E-state index in [0.717, 1.165) is 38.5 Å². The zero-order valence-corrected chi connectivity index (χ0v) is 30.5. The van der Waals surface area contributed by atoms with E-state index in [1.807, 2.05) is 20.8 Å². The Morgan fingerprint density at radius 1 is 0.922 bits per heavy atom. The van der Waals surface area contributed by atoms with Crippen molar-refractivity contribution >= 4 is 5.78 Å². The Balaban J connectivity index is 1.30. The van der Waals surface area contributed by atoms with Crippen LogP contribution in [-0.2, 0) is 9.53 Å². The number of carbonyl (C=O) groups excluding carboxylic acids is 1. The average Bonchev–Trinajstić information content (AvgIpc) is 3.64. The van der Waals surface area contributed by atoms with Gasteiger partial charge in [-0.25, -0.2) is 0 Å². The number of aliphatic hydroxyl groups is 6. The van der Waals surface area contributed by atoms with Crippen LogP contribution < -0.4 is 0 Å². The van der Waals surface area contributed by atoms with Crippen LogP contribution in [0, 0.1) is 45.8 Å². The second kappa shape index (κ2) is 11.5. The molecule has 0 radical (unpaired) electrons. The molecule has 51 heavy (non-hydrogen) atoms. The van der Waals surface area contributed by atoms with Crippen molar-refractivity contribution in [1.29, 1.82) is 0 Å². The number of aliphatic hydroxyl groups excluding tert-OH is 4. The van der Waals surface area contributed by atoms with Crippen LogP contribution in [0.4, 0.5) is 0 Å². The van der Waals surface area contributed by atoms with Gasteiger partial charge in [0.25, 0.3) is 0 Å². The molecular formula is C41H58O10. The number of hydrogen-bond acceptors (Lipinski definition) is 10. The number of aromatic hydroxyl groups is 2. The van der Waals surface area contributed by atoms with Crippen LogP contribution in [-0.4, -0.2) is 94.5 Å². The number of allylic oxidation sites excluding steroid dienone is 1. The van der Waals surface area contributed by atoms with Gasteiger partial charge in [-0.1, -0.05) is 53.4 Å². The van der Waals surface area contributed by atoms with Gasteiger partial charge in [0.05, 0.1) is 30.0 Å². The molecule has 2 spiro atoms. The molecule has 1 saturated heterocycles. The number of benzene rings is 1. The highest BCUT2D eigenvalue weighted by molar-refractivity contribution is 5.96. The van der Waals surface area contributed by atoms with Crippen LogP contribution in [0.3, 0.4) is 0 Å². The molecule has 5 saturated carbocycles. The number of hydrogen-bond donors (Lipinski definition) is 8. The quantitative estimate of drug-likeness (QED) is 0.229. The molecule has 1 aliphatic heterocycles. The first-order valence-corrected chi connectivity index (χ1v) is 19.5. The third kappa shape index (κ3) is 4.44. The topological polar surface area (TPSA) is 188 Å². The lowest BCUT2D eigenvalue weighted by molar-refractivity contribution is -0.241. The van der Waals surface area contributed by atoms with Crippen LogP contribution in [0.1, 0.15) is 110 Å². The van der Waals surface area contributed by atoms with Crippen LogP contribution in [0.5, 0.6) is 11.5 Å². The minimum Gasteiger partial charge on any atom is -0.508 e. The Morgan fingerprint density at radius 3 is 2.24 bits per heavy atom. The summed E-state index contributed by atoms with van der Waals surface area (Å²) in [7, 11) is 0. The molecule has 6 aliphatic carbocycles. The second-order valence-electron chi connectivity index (χ2n) is 18.8. The molecule has 10 nitrogen and oxygen atoms in total. The van der Waals surface area contributed by atoms with Gasteiger partial charge in [-0.05, 0) is 90.0 Å². The molecule has 282 valence electrons. The Morgan fingerprint density at radius 2 is 1.59 bits per heavy atom. The fourth-order valence-corrected chi connectivity index (χ4v) is 14.6. The molecule has 1 aromatic rings. The van der Waals surface area contributed by atoms with Gasteiger partial charge in [0, 0.05) is 48.7 Å². The molecule has 15 atom stereocenters. The van der Waals surface area contributed by atoms with Crippen molar-refractivity contribution in [2.75, 3.05) is 6.61 Å². The number of ketones is 1. The molecule has 0 aromatic heterocycles. The molecule has 0 amide bonds. The van der Waals surface area contributed by atoms with Gasteiger partial charge in [-0.2, -0.15) is 0 Å². The lowest BCUT2D eigenvalue weighted by Gasteiger charge is -2.67. The molecule has 7 aliphatic rings. The van der Waals surface area contributed by atoms with Crippen molar-refractivity contribution in [2.24, 2.45) is 45.8 Å². The van der Waals surface area contributed by atoms with Crippen molar-refractivity contribution in [1.82, 2.24) is 0 Å². The van der Waals surface area contributed by atoms with Crippen LogP contribution in [0.2, 0.25) is 0 Å². The van der Waals surface area contributed by atoms with E-state index in [2.05, 4.69) is 6.92 Å². The van der Waals surface area contributed by atoms with Crippen LogP contribution in [0.15, 0.2) is 29.8 Å². The average molecular weight is 711 g/mol. The third-order valence-electron chi connectivity index (χ3n) is 16.5. The Bertz CT molecular complexity index is 1600. The lowest BCUT2D eigenvalue weighted by Crippen LogP contribution is -2.70. The highest BCUT2D eigenvalue weighted by Crippen LogP contribution is 2.78. The SMILES string of the molecule is CC1CCCC2(OC3CC4(O)C5=CC(=O)C6C(c7cc(O)cc(O)c7)C(O)C(O)CC6(C)C5C5(CCCC5)CC4(C)C3C2(O)CCO)C(O)C1C. The fourth-order valence-electron chi connectivity index (χ4n) is 14.6. The van der Waals surface area contributed by atoms with E-state index in [1.54, 1.807) is 6.08 Å². The molecule has 8 N–H and O–H groups in total. The first-order valence-electron chi connectivity index (χ1n) is 19.5. The fraction of sp³-hybridized carbons (Fsp3) is 0.780. The standard InChI is InChI=1S/C41H58O10/c1-21-8-7-11-41(35(48)22(21)2)39(49,12-13-42)34-29(51-41)19-40(50)26-17-27(45)31-30(23-14-24(43)16-25(44)15-23)32(47)28(46)18-36(31,3)33(26)38(9-5-6-10-38)20-37(34,40)4/h14-17,21-22,28-35,42-44,46-50H,5-13,18-20H2,1-4H3. The summed E-state index contributed by atoms with van der Waals surface area (Å²) in [6.45, 7) is 7.86. The zero-order valence-electron chi connectivity index (χ0n) is 30.5. The van der Waals surface area contributed by atoms with E-state index in [9.17, 15) is 45.6 Å². The third-order valence-corrected chi connectivity index (χ3v) is 16.5. The monoisotopic (exact) mass is 710 g/mol. The summed E-state index contributed by atoms with van der Waals surface area (Å²) < 4.78 is 7.03. The Kier molecular flexibility index (Phi) is 8.09. The highest BCUT2D eigenvalue weighted by Gasteiger charge is 2.82. The molecule has 1 aromatic carbocycles. The molecule has 1 heterocycles. The van der Waals surface area contributed by atoms with Gasteiger partial charge in [-0.15, -0.1) is 0 Å². The van der Waals surface area contributed by atoms with E-state index >= 15 is 0 Å². The number of phenolic OH excluding ortho intramolecular Hbond substituents is 2. The molecule has 15 unspecified atom stereocenters. The maximum atomic E-state index is 14.7. The summed E-state index contributed by atoms with van der Waals surface area (Å²) in [5, 5.41) is 93.2. The first-order chi connectivity index (χ1) is 23.9. The van der Waals surface area contributed by atoms with Crippen molar-refractivity contribution in [3.8, 4) is 11.5 Å². The molecular weight excluding hydrogens is 652 g/mol. The van der Waals surface area contributed by atoms with Crippen molar-refractivity contribution in [3.63, 3.8) is 0 Å². The summed E-state index contributed by atoms with van der Waals surface area (Å²) in [6, 6.07) is 4.06. The van der Waals surface area contributed by atoms with Crippen LogP contribution >= 0.6 is 0 Å². The Labute approximate surface area is 300 Å².